The van der Waals surface area contributed by atoms with Gasteiger partial charge in [-0.15, -0.1) is 0 Å². The van der Waals surface area contributed by atoms with Crippen LogP contribution in [-0.2, 0) is 0 Å². The minimum Gasteiger partial charge on any atom is -0.371 e. The summed E-state index contributed by atoms with van der Waals surface area (Å²) in [6.45, 7) is 2.12. The fraction of sp³-hybridized carbons (Fsp3) is 0.235. The molecule has 0 spiro atoms. The molecule has 1 fully saturated rings. The Morgan fingerprint density at radius 2 is 1.63 bits per heavy atom. The summed E-state index contributed by atoms with van der Waals surface area (Å²) in [6.07, 6.45) is 3.41. The average molecular weight is 251 g/mol. The monoisotopic (exact) mass is 251 g/mol. The van der Waals surface area contributed by atoms with Crippen LogP contribution in [0, 0.1) is 0 Å². The third-order valence-electron chi connectivity index (χ3n) is 3.71. The lowest BCUT2D eigenvalue weighted by Gasteiger charge is -2.20. The van der Waals surface area contributed by atoms with Gasteiger partial charge in [-0.1, -0.05) is 36.4 Å². The number of nitrogens with zero attached hydrogens (tertiary/aromatic N) is 1. The van der Waals surface area contributed by atoms with Crippen LogP contribution >= 0.6 is 0 Å². The third kappa shape index (κ3) is 2.39. The smallest absolute Gasteiger partial charge is 0.152 e. The zero-order valence-corrected chi connectivity index (χ0v) is 10.9. The second-order valence-electron chi connectivity index (χ2n) is 4.95. The van der Waals surface area contributed by atoms with Gasteiger partial charge in [0.25, 0.3) is 0 Å². The van der Waals surface area contributed by atoms with E-state index in [1.54, 1.807) is 0 Å². The predicted octanol–water partition coefficient (Wildman–Crippen LogP) is 3.77. The SMILES string of the molecule is O=Cc1cc(-c2ccccc2)ccc1N1CCCC1. The Morgan fingerprint density at radius 1 is 0.895 bits per heavy atom. The van der Waals surface area contributed by atoms with Gasteiger partial charge in [0.2, 0.25) is 0 Å². The summed E-state index contributed by atoms with van der Waals surface area (Å²) >= 11 is 0. The maximum absolute atomic E-state index is 11.3. The van der Waals surface area contributed by atoms with Crippen molar-refractivity contribution in [1.29, 1.82) is 0 Å². The van der Waals surface area contributed by atoms with Crippen molar-refractivity contribution in [2.45, 2.75) is 12.8 Å². The lowest BCUT2D eigenvalue weighted by atomic mass is 10.0. The van der Waals surface area contributed by atoms with Crippen molar-refractivity contribution in [2.75, 3.05) is 18.0 Å². The summed E-state index contributed by atoms with van der Waals surface area (Å²) < 4.78 is 0. The molecule has 19 heavy (non-hydrogen) atoms. The number of hydrogen-bond acceptors (Lipinski definition) is 2. The van der Waals surface area contributed by atoms with Gasteiger partial charge in [0.1, 0.15) is 0 Å². The molecule has 0 unspecified atom stereocenters. The van der Waals surface area contributed by atoms with Crippen LogP contribution in [0.25, 0.3) is 11.1 Å². The van der Waals surface area contributed by atoms with E-state index in [9.17, 15) is 4.79 Å². The Balaban J connectivity index is 1.99. The highest BCUT2D eigenvalue weighted by Crippen LogP contribution is 2.28. The zero-order valence-electron chi connectivity index (χ0n) is 10.9. The van der Waals surface area contributed by atoms with Crippen LogP contribution in [0.4, 0.5) is 5.69 Å². The van der Waals surface area contributed by atoms with Gasteiger partial charge in [0.05, 0.1) is 0 Å². The largest absolute Gasteiger partial charge is 0.371 e. The van der Waals surface area contributed by atoms with Gasteiger partial charge >= 0.3 is 0 Å². The van der Waals surface area contributed by atoms with E-state index in [1.165, 1.54) is 12.8 Å². The first-order chi connectivity index (χ1) is 9.38. The van der Waals surface area contributed by atoms with E-state index in [-0.39, 0.29) is 0 Å². The lowest BCUT2D eigenvalue weighted by molar-refractivity contribution is 0.112. The molecule has 0 aromatic heterocycles. The molecule has 2 heteroatoms. The van der Waals surface area contributed by atoms with Gasteiger partial charge < -0.3 is 4.90 Å². The van der Waals surface area contributed by atoms with Gasteiger partial charge in [-0.2, -0.15) is 0 Å². The molecule has 0 amide bonds. The number of anilines is 1. The minimum atomic E-state index is 0.795. The Morgan fingerprint density at radius 3 is 2.32 bits per heavy atom. The molecule has 1 aliphatic heterocycles. The van der Waals surface area contributed by atoms with Gasteiger partial charge in [-0.25, -0.2) is 0 Å². The van der Waals surface area contributed by atoms with Gasteiger partial charge in [0.15, 0.2) is 6.29 Å². The molecule has 0 N–H and O–H groups in total. The number of benzene rings is 2. The molecule has 0 saturated carbocycles. The maximum atomic E-state index is 11.3. The van der Waals surface area contributed by atoms with Crippen LogP contribution in [0.2, 0.25) is 0 Å². The highest BCUT2D eigenvalue weighted by atomic mass is 16.1. The van der Waals surface area contributed by atoms with Crippen LogP contribution in [0.15, 0.2) is 48.5 Å². The third-order valence-corrected chi connectivity index (χ3v) is 3.71. The number of aldehydes is 1. The number of carbonyl (C=O) groups is 1. The predicted molar refractivity (Wildman–Crippen MR) is 78.7 cm³/mol. The van der Waals surface area contributed by atoms with Crippen molar-refractivity contribution < 1.29 is 4.79 Å². The lowest BCUT2D eigenvalue weighted by Crippen LogP contribution is -2.19. The molecule has 1 saturated heterocycles. The summed E-state index contributed by atoms with van der Waals surface area (Å²) in [7, 11) is 0. The van der Waals surface area contributed by atoms with E-state index in [0.717, 1.165) is 41.8 Å². The molecule has 0 radical (unpaired) electrons. The molecule has 1 heterocycles. The first-order valence-corrected chi connectivity index (χ1v) is 6.78. The van der Waals surface area contributed by atoms with Crippen molar-refractivity contribution in [2.24, 2.45) is 0 Å². The van der Waals surface area contributed by atoms with Crippen LogP contribution in [0.3, 0.4) is 0 Å². The van der Waals surface area contributed by atoms with Crippen LogP contribution in [0.1, 0.15) is 23.2 Å². The van der Waals surface area contributed by atoms with Gasteiger partial charge in [-0.05, 0) is 36.1 Å². The van der Waals surface area contributed by atoms with Crippen molar-refractivity contribution in [3.63, 3.8) is 0 Å². The topological polar surface area (TPSA) is 20.3 Å². The van der Waals surface area contributed by atoms with Crippen molar-refractivity contribution in [1.82, 2.24) is 0 Å². The van der Waals surface area contributed by atoms with Crippen molar-refractivity contribution >= 4 is 12.0 Å². The molecule has 2 nitrogen and oxygen atoms in total. The zero-order chi connectivity index (χ0) is 13.1. The molecule has 1 aliphatic rings. The minimum absolute atomic E-state index is 0.795. The summed E-state index contributed by atoms with van der Waals surface area (Å²) in [4.78, 5) is 13.6. The summed E-state index contributed by atoms with van der Waals surface area (Å²) in [6, 6.07) is 16.4. The molecular formula is C17H17NO. The summed E-state index contributed by atoms with van der Waals surface area (Å²) in [5.41, 5.74) is 4.12. The molecule has 2 aromatic rings. The fourth-order valence-corrected chi connectivity index (χ4v) is 2.71. The molecule has 0 atom stereocenters. The van der Waals surface area contributed by atoms with Crippen LogP contribution < -0.4 is 4.90 Å². The molecule has 96 valence electrons. The summed E-state index contributed by atoms with van der Waals surface area (Å²) in [5, 5.41) is 0. The highest BCUT2D eigenvalue weighted by Gasteiger charge is 2.15. The first-order valence-electron chi connectivity index (χ1n) is 6.78. The van der Waals surface area contributed by atoms with E-state index >= 15 is 0 Å². The Hall–Kier alpha value is -2.09. The van der Waals surface area contributed by atoms with E-state index in [0.29, 0.717) is 0 Å². The van der Waals surface area contributed by atoms with Gasteiger partial charge in [-0.3, -0.25) is 4.79 Å². The standard InChI is InChI=1S/C17H17NO/c19-13-16-12-15(14-6-2-1-3-7-14)8-9-17(16)18-10-4-5-11-18/h1-3,6-9,12-13H,4-5,10-11H2. The van der Waals surface area contributed by atoms with E-state index in [1.807, 2.05) is 24.3 Å². The maximum Gasteiger partial charge on any atom is 0.152 e. The van der Waals surface area contributed by atoms with Gasteiger partial charge in [0, 0.05) is 24.3 Å². The van der Waals surface area contributed by atoms with Crippen LogP contribution in [-0.4, -0.2) is 19.4 Å². The second kappa shape index (κ2) is 5.27. The summed E-state index contributed by atoms with van der Waals surface area (Å²) in [5.74, 6) is 0. The average Bonchev–Trinajstić information content (AvgIpc) is 3.01. The van der Waals surface area contributed by atoms with E-state index in [4.69, 9.17) is 0 Å². The van der Waals surface area contributed by atoms with E-state index in [2.05, 4.69) is 29.2 Å². The van der Waals surface area contributed by atoms with Crippen molar-refractivity contribution in [3.05, 3.63) is 54.1 Å². The second-order valence-corrected chi connectivity index (χ2v) is 4.95. The number of hydrogen-bond donors (Lipinski definition) is 0. The Labute approximate surface area is 113 Å². The Bertz CT molecular complexity index is 571. The van der Waals surface area contributed by atoms with E-state index < -0.39 is 0 Å². The number of carbonyl (C=O) groups excluding carboxylic acids is 1. The Kier molecular flexibility index (Phi) is 3.32. The van der Waals surface area contributed by atoms with Crippen molar-refractivity contribution in [3.8, 4) is 11.1 Å². The molecular weight excluding hydrogens is 234 g/mol. The fourth-order valence-electron chi connectivity index (χ4n) is 2.71. The molecule has 2 aromatic carbocycles. The first kappa shape index (κ1) is 12.0. The molecule has 3 rings (SSSR count). The molecule has 0 bridgehead atoms. The number of rotatable bonds is 3. The molecule has 0 aliphatic carbocycles. The van der Waals surface area contributed by atoms with Crippen LogP contribution in [0.5, 0.6) is 0 Å². The highest BCUT2D eigenvalue weighted by molar-refractivity contribution is 5.87. The quantitative estimate of drug-likeness (QED) is 0.774. The normalized spacial score (nSPS) is 14.6.